The Balaban J connectivity index is 1.58. The van der Waals surface area contributed by atoms with Crippen molar-refractivity contribution in [1.29, 1.82) is 0 Å². The number of hydrogen-bond donors (Lipinski definition) is 0. The first kappa shape index (κ1) is 14.6. The summed E-state index contributed by atoms with van der Waals surface area (Å²) in [5.74, 6) is 0.650. The number of aromatic nitrogens is 3. The van der Waals surface area contributed by atoms with Gasteiger partial charge in [-0.1, -0.05) is 0 Å². The third-order valence-electron chi connectivity index (χ3n) is 3.90. The fraction of sp³-hybridized carbons (Fsp3) is 0.438. The van der Waals surface area contributed by atoms with Crippen molar-refractivity contribution in [1.82, 2.24) is 19.7 Å². The first-order valence-electron chi connectivity index (χ1n) is 7.62. The summed E-state index contributed by atoms with van der Waals surface area (Å²) in [6.45, 7) is 1.59. The molecule has 1 atom stereocenters. The fourth-order valence-corrected chi connectivity index (χ4v) is 2.80. The Bertz CT molecular complexity index is 585. The van der Waals surface area contributed by atoms with Crippen molar-refractivity contribution in [3.8, 4) is 5.75 Å². The van der Waals surface area contributed by atoms with Crippen molar-refractivity contribution in [2.24, 2.45) is 0 Å². The third-order valence-corrected chi connectivity index (χ3v) is 3.90. The summed E-state index contributed by atoms with van der Waals surface area (Å²) >= 11 is 0. The molecule has 1 aliphatic rings. The van der Waals surface area contributed by atoms with E-state index < -0.39 is 0 Å². The van der Waals surface area contributed by atoms with Gasteiger partial charge in [0.15, 0.2) is 6.61 Å². The van der Waals surface area contributed by atoms with Crippen LogP contribution in [-0.4, -0.2) is 44.8 Å². The van der Waals surface area contributed by atoms with Gasteiger partial charge in [0.2, 0.25) is 0 Å². The number of ether oxygens (including phenoxy) is 1. The minimum atomic E-state index is 0.0284. The minimum Gasteiger partial charge on any atom is -0.482 e. The molecule has 0 aromatic carbocycles. The average Bonchev–Trinajstić information content (AvgIpc) is 3.07. The summed E-state index contributed by atoms with van der Waals surface area (Å²) in [6.07, 6.45) is 10.2. The normalized spacial score (nSPS) is 18.2. The lowest BCUT2D eigenvalue weighted by atomic mass is 10.0. The number of carbonyl (C=O) groups excluding carboxylic acids is 1. The highest BCUT2D eigenvalue weighted by molar-refractivity contribution is 5.78. The fourth-order valence-electron chi connectivity index (χ4n) is 2.80. The van der Waals surface area contributed by atoms with Crippen LogP contribution in [0.2, 0.25) is 0 Å². The van der Waals surface area contributed by atoms with Gasteiger partial charge in [-0.15, -0.1) is 0 Å². The molecule has 3 rings (SSSR count). The Morgan fingerprint density at radius 3 is 3.05 bits per heavy atom. The van der Waals surface area contributed by atoms with E-state index in [1.165, 1.54) is 0 Å². The van der Waals surface area contributed by atoms with Crippen molar-refractivity contribution in [2.45, 2.75) is 31.8 Å². The summed E-state index contributed by atoms with van der Waals surface area (Å²) < 4.78 is 7.42. The average molecular weight is 300 g/mol. The maximum Gasteiger partial charge on any atom is 0.260 e. The second kappa shape index (κ2) is 7.06. The summed E-state index contributed by atoms with van der Waals surface area (Å²) in [6, 6.07) is 5.69. The molecule has 0 unspecified atom stereocenters. The van der Waals surface area contributed by atoms with E-state index in [1.54, 1.807) is 30.7 Å². The summed E-state index contributed by atoms with van der Waals surface area (Å²) in [4.78, 5) is 18.4. The van der Waals surface area contributed by atoms with E-state index in [4.69, 9.17) is 4.74 Å². The molecule has 2 aromatic heterocycles. The zero-order chi connectivity index (χ0) is 15.2. The van der Waals surface area contributed by atoms with E-state index in [2.05, 4.69) is 10.1 Å². The molecule has 0 radical (unpaired) electrons. The zero-order valence-electron chi connectivity index (χ0n) is 12.5. The largest absolute Gasteiger partial charge is 0.482 e. The smallest absolute Gasteiger partial charge is 0.260 e. The molecule has 1 saturated heterocycles. The van der Waals surface area contributed by atoms with Gasteiger partial charge in [0, 0.05) is 25.1 Å². The molecule has 0 saturated carbocycles. The molecule has 1 fully saturated rings. The van der Waals surface area contributed by atoms with E-state index in [0.717, 1.165) is 32.4 Å². The Hall–Kier alpha value is -2.37. The van der Waals surface area contributed by atoms with Gasteiger partial charge in [-0.2, -0.15) is 5.10 Å². The Kier molecular flexibility index (Phi) is 4.68. The van der Waals surface area contributed by atoms with Crippen LogP contribution < -0.4 is 4.74 Å². The summed E-state index contributed by atoms with van der Waals surface area (Å²) in [5.41, 5.74) is 0. The van der Waals surface area contributed by atoms with Crippen LogP contribution in [0.3, 0.4) is 0 Å². The molecule has 0 bridgehead atoms. The van der Waals surface area contributed by atoms with Crippen LogP contribution in [0.15, 0.2) is 43.0 Å². The van der Waals surface area contributed by atoms with Crippen LogP contribution in [0.4, 0.5) is 0 Å². The monoisotopic (exact) mass is 300 g/mol. The van der Waals surface area contributed by atoms with Crippen LogP contribution >= 0.6 is 0 Å². The van der Waals surface area contributed by atoms with Gasteiger partial charge in [-0.05, 0) is 37.5 Å². The highest BCUT2D eigenvalue weighted by Gasteiger charge is 2.27. The predicted molar refractivity (Wildman–Crippen MR) is 81.3 cm³/mol. The Labute approximate surface area is 129 Å². The molecular formula is C16H20N4O2. The second-order valence-corrected chi connectivity index (χ2v) is 5.44. The van der Waals surface area contributed by atoms with E-state index in [0.29, 0.717) is 5.75 Å². The second-order valence-electron chi connectivity index (χ2n) is 5.44. The molecular weight excluding hydrogens is 280 g/mol. The standard InChI is InChI=1S/C16H20N4O2/c21-16(13-22-15-6-3-7-17-11-15)20-10-2-1-5-14(20)12-19-9-4-8-18-19/h3-4,6-9,11,14H,1-2,5,10,12-13H2/t14-/m0/s1. The van der Waals surface area contributed by atoms with E-state index in [-0.39, 0.29) is 18.6 Å². The zero-order valence-corrected chi connectivity index (χ0v) is 12.5. The number of hydrogen-bond acceptors (Lipinski definition) is 4. The molecule has 0 N–H and O–H groups in total. The SMILES string of the molecule is O=C(COc1cccnc1)N1CCCC[C@H]1Cn1cccn1. The quantitative estimate of drug-likeness (QED) is 0.844. The van der Waals surface area contributed by atoms with Crippen molar-refractivity contribution in [2.75, 3.05) is 13.2 Å². The number of piperidine rings is 1. The molecule has 1 amide bonds. The first-order chi connectivity index (χ1) is 10.8. The molecule has 0 aliphatic carbocycles. The van der Waals surface area contributed by atoms with Crippen LogP contribution in [0.5, 0.6) is 5.75 Å². The van der Waals surface area contributed by atoms with Crippen molar-refractivity contribution >= 4 is 5.91 Å². The van der Waals surface area contributed by atoms with Gasteiger partial charge in [0.05, 0.1) is 18.8 Å². The van der Waals surface area contributed by atoms with E-state index >= 15 is 0 Å². The van der Waals surface area contributed by atoms with Crippen molar-refractivity contribution in [3.05, 3.63) is 43.0 Å². The maximum absolute atomic E-state index is 12.5. The van der Waals surface area contributed by atoms with Gasteiger partial charge in [0.25, 0.3) is 5.91 Å². The lowest BCUT2D eigenvalue weighted by Crippen LogP contribution is -2.47. The van der Waals surface area contributed by atoms with Gasteiger partial charge in [0.1, 0.15) is 5.75 Å². The first-order valence-corrected chi connectivity index (χ1v) is 7.62. The van der Waals surface area contributed by atoms with Gasteiger partial charge >= 0.3 is 0 Å². The molecule has 22 heavy (non-hydrogen) atoms. The predicted octanol–water partition coefficient (Wildman–Crippen LogP) is 1.74. The van der Waals surface area contributed by atoms with Gasteiger partial charge in [-0.25, -0.2) is 0 Å². The molecule has 6 heteroatoms. The van der Waals surface area contributed by atoms with Crippen LogP contribution in [-0.2, 0) is 11.3 Å². The molecule has 2 aromatic rings. The number of nitrogens with zero attached hydrogens (tertiary/aromatic N) is 4. The van der Waals surface area contributed by atoms with Crippen LogP contribution in [0, 0.1) is 0 Å². The molecule has 6 nitrogen and oxygen atoms in total. The third kappa shape index (κ3) is 3.63. The van der Waals surface area contributed by atoms with Gasteiger partial charge in [-0.3, -0.25) is 14.5 Å². The lowest BCUT2D eigenvalue weighted by Gasteiger charge is -2.35. The summed E-state index contributed by atoms with van der Waals surface area (Å²) in [7, 11) is 0. The number of rotatable bonds is 5. The molecule has 0 spiro atoms. The molecule has 116 valence electrons. The number of amides is 1. The number of likely N-dealkylation sites (tertiary alicyclic amines) is 1. The Morgan fingerprint density at radius 1 is 1.32 bits per heavy atom. The van der Waals surface area contributed by atoms with Crippen LogP contribution in [0.1, 0.15) is 19.3 Å². The van der Waals surface area contributed by atoms with Crippen molar-refractivity contribution < 1.29 is 9.53 Å². The number of carbonyl (C=O) groups is 1. The van der Waals surface area contributed by atoms with E-state index in [9.17, 15) is 4.79 Å². The van der Waals surface area contributed by atoms with Gasteiger partial charge < -0.3 is 9.64 Å². The van der Waals surface area contributed by atoms with Crippen molar-refractivity contribution in [3.63, 3.8) is 0 Å². The maximum atomic E-state index is 12.5. The van der Waals surface area contributed by atoms with E-state index in [1.807, 2.05) is 21.8 Å². The van der Waals surface area contributed by atoms with Crippen LogP contribution in [0.25, 0.3) is 0 Å². The molecule has 1 aliphatic heterocycles. The minimum absolute atomic E-state index is 0.0284. The molecule has 3 heterocycles. The highest BCUT2D eigenvalue weighted by atomic mass is 16.5. The number of pyridine rings is 1. The topological polar surface area (TPSA) is 60.2 Å². The summed E-state index contributed by atoms with van der Waals surface area (Å²) in [5, 5.41) is 4.24. The highest BCUT2D eigenvalue weighted by Crippen LogP contribution is 2.19. The Morgan fingerprint density at radius 2 is 2.27 bits per heavy atom. The lowest BCUT2D eigenvalue weighted by molar-refractivity contribution is -0.137.